The Morgan fingerprint density at radius 3 is 3.09 bits per heavy atom. The fraction of sp³-hybridized carbons (Fsp3) is 0.533. The summed E-state index contributed by atoms with van der Waals surface area (Å²) in [7, 11) is 0. The molecule has 118 valence electrons. The monoisotopic (exact) mass is 322 g/mol. The zero-order chi connectivity index (χ0) is 15.5. The summed E-state index contributed by atoms with van der Waals surface area (Å²) in [4.78, 5) is 18.5. The molecule has 1 amide bonds. The first-order valence-electron chi connectivity index (χ1n) is 7.51. The van der Waals surface area contributed by atoms with Gasteiger partial charge in [-0.1, -0.05) is 5.16 Å². The summed E-state index contributed by atoms with van der Waals surface area (Å²) >= 11 is 5.94. The lowest BCUT2D eigenvalue weighted by atomic mass is 10.0. The molecule has 1 aliphatic rings. The van der Waals surface area contributed by atoms with E-state index in [1.165, 1.54) is 0 Å². The summed E-state index contributed by atoms with van der Waals surface area (Å²) in [5.41, 5.74) is 1.59. The summed E-state index contributed by atoms with van der Waals surface area (Å²) in [6, 6.07) is 0.320. The van der Waals surface area contributed by atoms with Crippen molar-refractivity contribution in [2.45, 2.75) is 38.6 Å². The normalized spacial score (nSPS) is 18.6. The molecule has 3 rings (SSSR count). The molecule has 0 radical (unpaired) electrons. The molecule has 0 unspecified atom stereocenters. The second-order valence-electron chi connectivity index (χ2n) is 5.67. The van der Waals surface area contributed by atoms with Gasteiger partial charge in [-0.25, -0.2) is 4.98 Å². The van der Waals surface area contributed by atoms with Crippen molar-refractivity contribution in [1.82, 2.24) is 19.6 Å². The standard InChI is InChI=1S/C15H19ClN4O2/c1-11-13(15(16)22-18-11)4-5-14(21)19-7-2-3-12(9-19)20-8-6-17-10-20/h6,8,10,12H,2-5,7,9H2,1H3/t12-/m1/s1. The molecule has 7 heteroatoms. The van der Waals surface area contributed by atoms with Crippen LogP contribution in [0.4, 0.5) is 0 Å². The number of amides is 1. The highest BCUT2D eigenvalue weighted by molar-refractivity contribution is 6.29. The van der Waals surface area contributed by atoms with Gasteiger partial charge in [0.2, 0.25) is 11.1 Å². The van der Waals surface area contributed by atoms with Crippen molar-refractivity contribution < 1.29 is 9.32 Å². The molecule has 0 spiro atoms. The van der Waals surface area contributed by atoms with Crippen molar-refractivity contribution in [3.8, 4) is 0 Å². The predicted molar refractivity (Wildman–Crippen MR) is 81.6 cm³/mol. The van der Waals surface area contributed by atoms with E-state index in [1.807, 2.05) is 24.3 Å². The number of piperidine rings is 1. The van der Waals surface area contributed by atoms with Gasteiger partial charge < -0.3 is 14.0 Å². The minimum Gasteiger partial charge on any atom is -0.344 e. The average Bonchev–Trinajstić information content (AvgIpc) is 3.16. The fourth-order valence-corrected chi connectivity index (χ4v) is 3.21. The molecule has 0 N–H and O–H groups in total. The Bertz CT molecular complexity index is 619. The van der Waals surface area contributed by atoms with Gasteiger partial charge in [-0.15, -0.1) is 0 Å². The van der Waals surface area contributed by atoms with Crippen LogP contribution >= 0.6 is 11.6 Å². The third kappa shape index (κ3) is 3.16. The Morgan fingerprint density at radius 2 is 2.41 bits per heavy atom. The zero-order valence-electron chi connectivity index (χ0n) is 12.5. The first-order chi connectivity index (χ1) is 10.6. The molecule has 2 aromatic rings. The maximum Gasteiger partial charge on any atom is 0.229 e. The number of nitrogens with zero attached hydrogens (tertiary/aromatic N) is 4. The number of aromatic nitrogens is 3. The summed E-state index contributed by atoms with van der Waals surface area (Å²) in [5, 5.41) is 4.10. The zero-order valence-corrected chi connectivity index (χ0v) is 13.3. The molecule has 0 bridgehead atoms. The fourth-order valence-electron chi connectivity index (χ4n) is 2.94. The molecule has 0 saturated carbocycles. The van der Waals surface area contributed by atoms with Crippen molar-refractivity contribution in [2.24, 2.45) is 0 Å². The van der Waals surface area contributed by atoms with Gasteiger partial charge in [0.15, 0.2) is 0 Å². The number of rotatable bonds is 4. The van der Waals surface area contributed by atoms with Gasteiger partial charge in [-0.05, 0) is 37.8 Å². The maximum atomic E-state index is 12.4. The second-order valence-corrected chi connectivity index (χ2v) is 6.01. The number of hydrogen-bond acceptors (Lipinski definition) is 4. The molecule has 1 saturated heterocycles. The van der Waals surface area contributed by atoms with E-state index < -0.39 is 0 Å². The van der Waals surface area contributed by atoms with Crippen LogP contribution in [-0.2, 0) is 11.2 Å². The van der Waals surface area contributed by atoms with E-state index in [-0.39, 0.29) is 5.91 Å². The number of imidazole rings is 1. The van der Waals surface area contributed by atoms with Crippen LogP contribution in [-0.4, -0.2) is 38.6 Å². The van der Waals surface area contributed by atoms with Crippen LogP contribution in [0.2, 0.25) is 5.22 Å². The lowest BCUT2D eigenvalue weighted by Gasteiger charge is -2.33. The third-order valence-electron chi connectivity index (χ3n) is 4.22. The summed E-state index contributed by atoms with van der Waals surface area (Å²) in [6.45, 7) is 3.40. The van der Waals surface area contributed by atoms with Crippen LogP contribution in [0.3, 0.4) is 0 Å². The first kappa shape index (κ1) is 15.1. The minimum absolute atomic E-state index is 0.154. The Hall–Kier alpha value is -1.82. The molecule has 0 aliphatic carbocycles. The average molecular weight is 323 g/mol. The van der Waals surface area contributed by atoms with Crippen molar-refractivity contribution in [3.63, 3.8) is 0 Å². The van der Waals surface area contributed by atoms with E-state index in [0.717, 1.165) is 37.2 Å². The number of carbonyl (C=O) groups excluding carboxylic acids is 1. The minimum atomic E-state index is 0.154. The van der Waals surface area contributed by atoms with Crippen LogP contribution in [0.5, 0.6) is 0 Å². The van der Waals surface area contributed by atoms with Gasteiger partial charge in [-0.2, -0.15) is 0 Å². The number of likely N-dealkylation sites (tertiary alicyclic amines) is 1. The molecule has 0 aromatic carbocycles. The van der Waals surface area contributed by atoms with Crippen LogP contribution in [0, 0.1) is 6.92 Å². The smallest absolute Gasteiger partial charge is 0.229 e. The molecule has 22 heavy (non-hydrogen) atoms. The van der Waals surface area contributed by atoms with Crippen molar-refractivity contribution in [3.05, 3.63) is 35.2 Å². The number of aryl methyl sites for hydroxylation is 1. The highest BCUT2D eigenvalue weighted by atomic mass is 35.5. The predicted octanol–water partition coefficient (Wildman–Crippen LogP) is 2.63. The summed E-state index contributed by atoms with van der Waals surface area (Å²) < 4.78 is 7.00. The molecule has 2 aromatic heterocycles. The van der Waals surface area contributed by atoms with E-state index in [0.29, 0.717) is 24.1 Å². The highest BCUT2D eigenvalue weighted by Gasteiger charge is 2.24. The maximum absolute atomic E-state index is 12.4. The quantitative estimate of drug-likeness (QED) is 0.868. The highest BCUT2D eigenvalue weighted by Crippen LogP contribution is 2.24. The van der Waals surface area contributed by atoms with Crippen LogP contribution in [0.1, 0.15) is 36.6 Å². The van der Waals surface area contributed by atoms with Crippen LogP contribution in [0.25, 0.3) is 0 Å². The Morgan fingerprint density at radius 1 is 1.55 bits per heavy atom. The van der Waals surface area contributed by atoms with E-state index in [4.69, 9.17) is 16.1 Å². The largest absolute Gasteiger partial charge is 0.344 e. The summed E-state index contributed by atoms with van der Waals surface area (Å²) in [6.07, 6.45) is 8.64. The Labute approximate surface area is 134 Å². The van der Waals surface area contributed by atoms with Crippen LogP contribution < -0.4 is 0 Å². The number of hydrogen-bond donors (Lipinski definition) is 0. The first-order valence-corrected chi connectivity index (χ1v) is 7.89. The van der Waals surface area contributed by atoms with Gasteiger partial charge in [0.1, 0.15) is 0 Å². The van der Waals surface area contributed by atoms with E-state index >= 15 is 0 Å². The molecule has 3 heterocycles. The lowest BCUT2D eigenvalue weighted by molar-refractivity contribution is -0.132. The van der Waals surface area contributed by atoms with Crippen molar-refractivity contribution >= 4 is 17.5 Å². The SMILES string of the molecule is Cc1noc(Cl)c1CCC(=O)N1CCC[C@@H](n2ccnc2)C1. The number of carbonyl (C=O) groups is 1. The molecule has 1 aliphatic heterocycles. The Balaban J connectivity index is 1.58. The topological polar surface area (TPSA) is 64.2 Å². The van der Waals surface area contributed by atoms with E-state index in [1.54, 1.807) is 6.20 Å². The molecule has 1 fully saturated rings. The molecule has 6 nitrogen and oxygen atoms in total. The van der Waals surface area contributed by atoms with E-state index in [2.05, 4.69) is 14.7 Å². The Kier molecular flexibility index (Phi) is 4.47. The molecular weight excluding hydrogens is 304 g/mol. The van der Waals surface area contributed by atoms with Crippen molar-refractivity contribution in [1.29, 1.82) is 0 Å². The van der Waals surface area contributed by atoms with Gasteiger partial charge >= 0.3 is 0 Å². The summed E-state index contributed by atoms with van der Waals surface area (Å²) in [5.74, 6) is 0.154. The van der Waals surface area contributed by atoms with E-state index in [9.17, 15) is 4.79 Å². The lowest BCUT2D eigenvalue weighted by Crippen LogP contribution is -2.40. The van der Waals surface area contributed by atoms with Crippen LogP contribution in [0.15, 0.2) is 23.2 Å². The van der Waals surface area contributed by atoms with Gasteiger partial charge in [0, 0.05) is 37.5 Å². The second kappa shape index (κ2) is 6.52. The number of halogens is 1. The molecular formula is C15H19ClN4O2. The van der Waals surface area contributed by atoms with Gasteiger partial charge in [-0.3, -0.25) is 4.79 Å². The third-order valence-corrected chi connectivity index (χ3v) is 4.52. The van der Waals surface area contributed by atoms with Crippen molar-refractivity contribution in [2.75, 3.05) is 13.1 Å². The van der Waals surface area contributed by atoms with Gasteiger partial charge in [0.25, 0.3) is 0 Å². The molecule has 1 atom stereocenters. The van der Waals surface area contributed by atoms with Gasteiger partial charge in [0.05, 0.1) is 18.1 Å².